The van der Waals surface area contributed by atoms with Crippen molar-refractivity contribution in [3.8, 4) is 0 Å². The van der Waals surface area contributed by atoms with Crippen LogP contribution in [0, 0.1) is 0 Å². The summed E-state index contributed by atoms with van der Waals surface area (Å²) in [7, 11) is -21.3. The number of rotatable bonds is 20. The van der Waals surface area contributed by atoms with Crippen LogP contribution in [-0.4, -0.2) is 254 Å². The Hall–Kier alpha value is -2.18. The van der Waals surface area contributed by atoms with Crippen LogP contribution in [0.25, 0.3) is 0 Å². The fourth-order valence-electron chi connectivity index (χ4n) is 6.90. The smallest absolute Gasteiger partial charge is 0.388 e. The molecular weight excluding hydrogens is 1020 g/mol. The second-order valence-corrected chi connectivity index (χ2v) is 19.1. The highest BCUT2D eigenvalue weighted by Crippen LogP contribution is 2.35. The summed E-state index contributed by atoms with van der Waals surface area (Å²) in [6, 6.07) is -3.94. The normalized spacial score (nSPS) is 40.2. The minimum atomic E-state index is -5.45. The minimum Gasteiger partial charge on any atom is -0.388 e. The molecule has 4 saturated heterocycles. The van der Waals surface area contributed by atoms with Crippen molar-refractivity contribution in [2.24, 2.45) is 0 Å². The predicted octanol–water partition coefficient (Wildman–Crippen LogP) is -10.2. The standard InChI is InChI=1S/C28H48N2O33S4/c1-7(31)29-13-18(36)15(33)9(3-53-64(41,42)43)58-26(13)63-24-17(35)11(5-55-66(47,48)49)59-28(21(24)39)61-22-12(6-56-67(50,51)52)60-27(14(19(22)37)30-8(2)32)62-23-16(34)10(4-54-65(44,45)46)57-25(40)20(23)38/h9-28,33-40H,3-6H2,1-2H3,(H,29,31)(H,30,32)(H,41,42,43)(H,44,45,46)(H,47,48,49)(H,50,51,52)/t9-,10-,11-,12-,13-,14-,15-,16+,17+,18-,19-,20-,21-,22-,23+,24+,25-,26+,27+,28+/m1/s1. The van der Waals surface area contributed by atoms with Crippen molar-refractivity contribution in [3.05, 3.63) is 0 Å². The second-order valence-electron chi connectivity index (χ2n) is 14.7. The van der Waals surface area contributed by atoms with E-state index in [1.165, 1.54) is 0 Å². The molecule has 0 unspecified atom stereocenters. The molecule has 4 rings (SSSR count). The van der Waals surface area contributed by atoms with E-state index in [4.69, 9.17) is 42.3 Å². The van der Waals surface area contributed by atoms with Crippen LogP contribution in [0.15, 0.2) is 0 Å². The molecule has 2 amide bonds. The largest absolute Gasteiger partial charge is 0.397 e. The fourth-order valence-corrected chi connectivity index (χ4v) is 8.13. The molecule has 0 aromatic rings. The lowest BCUT2D eigenvalue weighted by Crippen LogP contribution is -2.70. The average molecular weight is 1070 g/mol. The Morgan fingerprint density at radius 3 is 1.16 bits per heavy atom. The van der Waals surface area contributed by atoms with E-state index >= 15 is 0 Å². The van der Waals surface area contributed by atoms with Gasteiger partial charge in [-0.1, -0.05) is 0 Å². The lowest BCUT2D eigenvalue weighted by molar-refractivity contribution is -0.375. The van der Waals surface area contributed by atoms with E-state index in [1.54, 1.807) is 0 Å². The van der Waals surface area contributed by atoms with Crippen LogP contribution in [0.4, 0.5) is 0 Å². The molecule has 392 valence electrons. The maximum Gasteiger partial charge on any atom is 0.397 e. The molecule has 4 aliphatic heterocycles. The van der Waals surface area contributed by atoms with Gasteiger partial charge in [-0.15, -0.1) is 0 Å². The topological polar surface area (TPSA) is 539 Å². The highest BCUT2D eigenvalue weighted by molar-refractivity contribution is 7.81. The molecule has 20 atom stereocenters. The molecular formula is C28H48N2O33S4. The zero-order chi connectivity index (χ0) is 50.7. The van der Waals surface area contributed by atoms with Crippen LogP contribution in [0.3, 0.4) is 0 Å². The van der Waals surface area contributed by atoms with Gasteiger partial charge in [-0.2, -0.15) is 33.7 Å². The van der Waals surface area contributed by atoms with Gasteiger partial charge in [-0.3, -0.25) is 27.8 Å². The van der Waals surface area contributed by atoms with E-state index in [1.807, 2.05) is 0 Å². The molecule has 0 spiro atoms. The molecule has 39 heteroatoms. The Labute approximate surface area is 378 Å². The molecule has 14 N–H and O–H groups in total. The number of aliphatic hydroxyl groups is 8. The van der Waals surface area contributed by atoms with Crippen molar-refractivity contribution in [1.29, 1.82) is 0 Å². The first-order valence-corrected chi connectivity index (χ1v) is 24.2. The molecule has 35 nitrogen and oxygen atoms in total. The number of hydrogen-bond acceptors (Lipinski definition) is 29. The van der Waals surface area contributed by atoms with Gasteiger partial charge in [0.15, 0.2) is 25.2 Å². The highest BCUT2D eigenvalue weighted by atomic mass is 32.3. The Kier molecular flexibility index (Phi) is 19.6. The van der Waals surface area contributed by atoms with Crippen LogP contribution in [0.2, 0.25) is 0 Å². The number of carbonyl (C=O) groups excluding carboxylic acids is 2. The lowest BCUT2D eigenvalue weighted by atomic mass is 9.94. The first-order valence-electron chi connectivity index (χ1n) is 18.7. The SMILES string of the molecule is CC(=O)N[C@H]1[C@H](O[C@@H]2[C@@H](O)[C@H](O)O[C@H](COS(=O)(=O)O)[C@@H]2O)O[C@H](COS(=O)(=O)O)[C@@H](O[C@@H]2O[C@H](COS(=O)(=O)O)[C@H](O)[C@H](O[C@@H]3O[C@H](COS(=O)(=O)O)[C@@H](O)[C@H](O)[C@H]3NC(C)=O)[C@H]2O)[C@@H]1O. The average Bonchev–Trinajstić information content (AvgIpc) is 3.18. The molecule has 0 aromatic heterocycles. The van der Waals surface area contributed by atoms with Crippen LogP contribution in [0.1, 0.15) is 13.8 Å². The van der Waals surface area contributed by atoms with Crippen LogP contribution in [-0.2, 0) is 101 Å². The summed E-state index contributed by atoms with van der Waals surface area (Å²) in [6.07, 6.45) is -40.4. The maximum atomic E-state index is 12.4. The van der Waals surface area contributed by atoms with Gasteiger partial charge in [-0.05, 0) is 0 Å². The first kappa shape index (κ1) is 57.4. The van der Waals surface area contributed by atoms with Crippen molar-refractivity contribution in [1.82, 2.24) is 10.6 Å². The van der Waals surface area contributed by atoms with Gasteiger partial charge in [0.2, 0.25) is 11.8 Å². The number of aliphatic hydroxyl groups excluding tert-OH is 8. The predicted molar refractivity (Wildman–Crippen MR) is 199 cm³/mol. The quantitative estimate of drug-likeness (QED) is 0.0504. The van der Waals surface area contributed by atoms with Crippen molar-refractivity contribution < 1.29 is 152 Å². The summed E-state index contributed by atoms with van der Waals surface area (Å²) in [4.78, 5) is 24.5. The number of ether oxygens (including phenoxy) is 7. The molecule has 4 fully saturated rings. The summed E-state index contributed by atoms with van der Waals surface area (Å²) < 4.78 is 183. The van der Waals surface area contributed by atoms with Crippen molar-refractivity contribution >= 4 is 53.4 Å². The first-order chi connectivity index (χ1) is 30.7. The Morgan fingerprint density at radius 1 is 0.418 bits per heavy atom. The zero-order valence-electron chi connectivity index (χ0n) is 33.9. The van der Waals surface area contributed by atoms with E-state index in [-0.39, 0.29) is 0 Å². The number of amides is 2. The van der Waals surface area contributed by atoms with E-state index in [0.29, 0.717) is 0 Å². The summed E-state index contributed by atoms with van der Waals surface area (Å²) in [5, 5.41) is 92.3. The van der Waals surface area contributed by atoms with Gasteiger partial charge in [0.1, 0.15) is 97.5 Å². The molecule has 0 aliphatic carbocycles. The van der Waals surface area contributed by atoms with Gasteiger partial charge in [-0.25, -0.2) is 16.7 Å². The summed E-state index contributed by atoms with van der Waals surface area (Å²) in [5.41, 5.74) is 0. The van der Waals surface area contributed by atoms with Gasteiger partial charge < -0.3 is 84.6 Å². The molecule has 67 heavy (non-hydrogen) atoms. The van der Waals surface area contributed by atoms with Crippen LogP contribution in [0.5, 0.6) is 0 Å². The third-order valence-electron chi connectivity index (χ3n) is 9.81. The summed E-state index contributed by atoms with van der Waals surface area (Å²) >= 11 is 0. The van der Waals surface area contributed by atoms with E-state index in [9.17, 15) is 93.2 Å². The minimum absolute atomic E-state index is 0.853. The molecule has 0 aromatic carbocycles. The molecule has 4 aliphatic rings. The Bertz CT molecular complexity index is 2130. The molecule has 0 bridgehead atoms. The third kappa shape index (κ3) is 16.4. The fraction of sp³-hybridized carbons (Fsp3) is 0.929. The number of hydrogen-bond donors (Lipinski definition) is 14. The monoisotopic (exact) mass is 1070 g/mol. The van der Waals surface area contributed by atoms with Crippen LogP contribution >= 0.6 is 0 Å². The maximum absolute atomic E-state index is 12.4. The van der Waals surface area contributed by atoms with Crippen LogP contribution < -0.4 is 10.6 Å². The lowest BCUT2D eigenvalue weighted by Gasteiger charge is -2.50. The van der Waals surface area contributed by atoms with Crippen molar-refractivity contribution in [2.75, 3.05) is 26.4 Å². The summed E-state index contributed by atoms with van der Waals surface area (Å²) in [6.45, 7) is -3.54. The van der Waals surface area contributed by atoms with Gasteiger partial charge in [0.25, 0.3) is 0 Å². The Balaban J connectivity index is 1.73. The number of nitrogens with one attached hydrogen (secondary N) is 2. The Morgan fingerprint density at radius 2 is 0.746 bits per heavy atom. The van der Waals surface area contributed by atoms with Crippen molar-refractivity contribution in [2.45, 2.75) is 137 Å². The third-order valence-corrected chi connectivity index (χ3v) is 11.6. The van der Waals surface area contributed by atoms with E-state index in [0.717, 1.165) is 13.8 Å². The highest BCUT2D eigenvalue weighted by Gasteiger charge is 2.56. The zero-order valence-corrected chi connectivity index (χ0v) is 37.2. The molecule has 4 heterocycles. The van der Waals surface area contributed by atoms with Gasteiger partial charge >= 0.3 is 41.6 Å². The summed E-state index contributed by atoms with van der Waals surface area (Å²) in [5.74, 6) is -1.97. The van der Waals surface area contributed by atoms with E-state index < -0.39 is 203 Å². The second kappa shape index (κ2) is 22.9. The van der Waals surface area contributed by atoms with Gasteiger partial charge in [0.05, 0.1) is 26.4 Å². The molecule has 0 radical (unpaired) electrons. The van der Waals surface area contributed by atoms with Crippen molar-refractivity contribution in [3.63, 3.8) is 0 Å². The number of carbonyl (C=O) groups is 2. The van der Waals surface area contributed by atoms with E-state index in [2.05, 4.69) is 27.4 Å². The van der Waals surface area contributed by atoms with Gasteiger partial charge in [0, 0.05) is 13.8 Å². The molecule has 0 saturated carbocycles.